The fourth-order valence-corrected chi connectivity index (χ4v) is 3.96. The molecule has 31 heavy (non-hydrogen) atoms. The number of amides is 1. The Morgan fingerprint density at radius 3 is 2.39 bits per heavy atom. The highest BCUT2D eigenvalue weighted by Crippen LogP contribution is 2.43. The van der Waals surface area contributed by atoms with Crippen LogP contribution in [0.2, 0.25) is 0 Å². The molecule has 1 N–H and O–H groups in total. The minimum atomic E-state index is -0.921. The number of carboxylic acid groups (broad SMARTS) is 1. The molecule has 1 aliphatic heterocycles. The summed E-state index contributed by atoms with van der Waals surface area (Å²) < 4.78 is 26.2. The molecule has 1 heterocycles. The van der Waals surface area contributed by atoms with E-state index < -0.39 is 11.8 Å². The Balaban J connectivity index is 1.85. The molecule has 0 unspecified atom stereocenters. The van der Waals surface area contributed by atoms with Gasteiger partial charge in [-0.25, -0.2) is 4.39 Å². The van der Waals surface area contributed by atoms with E-state index in [1.165, 1.54) is 6.07 Å². The molecule has 0 saturated carbocycles. The second-order valence-corrected chi connectivity index (χ2v) is 7.19. The number of halogens is 1. The van der Waals surface area contributed by atoms with Gasteiger partial charge in [0.05, 0.1) is 31.7 Å². The maximum atomic E-state index is 14.7. The SMILES string of the molecule is CCOc1cc2c(F)ccc(OCC)c2c2c1CN(c1ccc(CC(=O)O)cc1)C2=O. The third-order valence-corrected chi connectivity index (χ3v) is 5.26. The van der Waals surface area contributed by atoms with E-state index in [0.29, 0.717) is 52.5 Å². The molecule has 3 aromatic rings. The average Bonchev–Trinajstić information content (AvgIpc) is 3.08. The fraction of sp³-hybridized carbons (Fsp3) is 0.250. The highest BCUT2D eigenvalue weighted by atomic mass is 19.1. The molecule has 0 atom stereocenters. The summed E-state index contributed by atoms with van der Waals surface area (Å²) in [6.45, 7) is 4.68. The van der Waals surface area contributed by atoms with Crippen molar-refractivity contribution in [1.82, 2.24) is 0 Å². The molecule has 7 heteroatoms. The van der Waals surface area contributed by atoms with E-state index in [2.05, 4.69) is 0 Å². The molecule has 4 rings (SSSR count). The van der Waals surface area contributed by atoms with Crippen molar-refractivity contribution in [2.45, 2.75) is 26.8 Å². The topological polar surface area (TPSA) is 76.1 Å². The molecule has 0 aliphatic carbocycles. The van der Waals surface area contributed by atoms with Crippen LogP contribution in [0.4, 0.5) is 10.1 Å². The summed E-state index contributed by atoms with van der Waals surface area (Å²) in [4.78, 5) is 26.0. The van der Waals surface area contributed by atoms with Gasteiger partial charge in [-0.2, -0.15) is 0 Å². The number of hydrogen-bond acceptors (Lipinski definition) is 4. The Morgan fingerprint density at radius 1 is 1.06 bits per heavy atom. The third-order valence-electron chi connectivity index (χ3n) is 5.26. The van der Waals surface area contributed by atoms with Crippen molar-refractivity contribution in [3.63, 3.8) is 0 Å². The number of fused-ring (bicyclic) bond motifs is 3. The van der Waals surface area contributed by atoms with Crippen LogP contribution in [-0.4, -0.2) is 30.2 Å². The maximum Gasteiger partial charge on any atom is 0.307 e. The number of carboxylic acids is 1. The van der Waals surface area contributed by atoms with Gasteiger partial charge >= 0.3 is 5.97 Å². The quantitative estimate of drug-likeness (QED) is 0.603. The zero-order valence-corrected chi connectivity index (χ0v) is 17.3. The Hall–Kier alpha value is -3.61. The first-order chi connectivity index (χ1) is 14.9. The Bertz CT molecular complexity index is 1170. The van der Waals surface area contributed by atoms with Crippen molar-refractivity contribution < 1.29 is 28.6 Å². The van der Waals surface area contributed by atoms with Crippen molar-refractivity contribution in [3.8, 4) is 11.5 Å². The van der Waals surface area contributed by atoms with Gasteiger partial charge in [-0.15, -0.1) is 0 Å². The molecular formula is C24H22FNO5. The van der Waals surface area contributed by atoms with Gasteiger partial charge in [-0.3, -0.25) is 9.59 Å². The molecule has 0 spiro atoms. The molecule has 0 radical (unpaired) electrons. The van der Waals surface area contributed by atoms with Gasteiger partial charge in [0.15, 0.2) is 0 Å². The summed E-state index contributed by atoms with van der Waals surface area (Å²) in [7, 11) is 0. The van der Waals surface area contributed by atoms with Gasteiger partial charge in [0.25, 0.3) is 5.91 Å². The number of anilines is 1. The molecule has 0 aromatic heterocycles. The standard InChI is InChI=1S/C24H22FNO5/c1-3-30-19-10-9-18(25)16-12-20(31-4-2)17-13-26(24(29)23(17)22(16)19)15-7-5-14(6-8-15)11-21(27)28/h5-10,12H,3-4,11,13H2,1-2H3,(H,27,28). The summed E-state index contributed by atoms with van der Waals surface area (Å²) in [5, 5.41) is 9.68. The Morgan fingerprint density at radius 2 is 1.74 bits per heavy atom. The van der Waals surface area contributed by atoms with E-state index in [-0.39, 0.29) is 24.3 Å². The number of hydrogen-bond donors (Lipinski definition) is 1. The maximum absolute atomic E-state index is 14.7. The lowest BCUT2D eigenvalue weighted by atomic mass is 9.98. The number of rotatable bonds is 7. The molecule has 0 saturated heterocycles. The van der Waals surface area contributed by atoms with Gasteiger partial charge in [-0.1, -0.05) is 12.1 Å². The monoisotopic (exact) mass is 423 g/mol. The zero-order chi connectivity index (χ0) is 22.1. The largest absolute Gasteiger partial charge is 0.493 e. The summed E-state index contributed by atoms with van der Waals surface area (Å²) >= 11 is 0. The fourth-order valence-electron chi connectivity index (χ4n) is 3.96. The van der Waals surface area contributed by atoms with E-state index in [1.807, 2.05) is 13.8 Å². The van der Waals surface area contributed by atoms with Crippen molar-refractivity contribution >= 4 is 28.3 Å². The van der Waals surface area contributed by atoms with Gasteiger partial charge in [0.2, 0.25) is 0 Å². The van der Waals surface area contributed by atoms with E-state index >= 15 is 0 Å². The Labute approximate surface area is 178 Å². The summed E-state index contributed by atoms with van der Waals surface area (Å²) in [6.07, 6.45) is -0.0927. The van der Waals surface area contributed by atoms with E-state index in [4.69, 9.17) is 14.6 Å². The highest BCUT2D eigenvalue weighted by molar-refractivity contribution is 6.19. The Kier molecular flexibility index (Phi) is 5.50. The second kappa shape index (κ2) is 8.26. The second-order valence-electron chi connectivity index (χ2n) is 7.19. The van der Waals surface area contributed by atoms with Gasteiger partial charge in [0.1, 0.15) is 17.3 Å². The third kappa shape index (κ3) is 3.67. The minimum Gasteiger partial charge on any atom is -0.493 e. The number of aliphatic carboxylic acids is 1. The molecule has 3 aromatic carbocycles. The lowest BCUT2D eigenvalue weighted by Gasteiger charge is -2.16. The van der Waals surface area contributed by atoms with Gasteiger partial charge in [-0.05, 0) is 49.7 Å². The van der Waals surface area contributed by atoms with Crippen molar-refractivity contribution in [2.24, 2.45) is 0 Å². The first kappa shape index (κ1) is 20.7. The lowest BCUT2D eigenvalue weighted by Crippen LogP contribution is -2.23. The number of benzene rings is 3. The summed E-state index contributed by atoms with van der Waals surface area (Å²) in [5.41, 5.74) is 2.32. The van der Waals surface area contributed by atoms with E-state index in [9.17, 15) is 14.0 Å². The van der Waals surface area contributed by atoms with Crippen molar-refractivity contribution in [2.75, 3.05) is 18.1 Å². The summed E-state index contributed by atoms with van der Waals surface area (Å²) in [5.74, 6) is -0.734. The van der Waals surface area contributed by atoms with Crippen LogP contribution < -0.4 is 14.4 Å². The molecule has 1 amide bonds. The lowest BCUT2D eigenvalue weighted by molar-refractivity contribution is -0.136. The van der Waals surface area contributed by atoms with Crippen LogP contribution in [-0.2, 0) is 17.8 Å². The van der Waals surface area contributed by atoms with Crippen LogP contribution in [0.1, 0.15) is 35.3 Å². The highest BCUT2D eigenvalue weighted by Gasteiger charge is 2.35. The molecule has 1 aliphatic rings. The summed E-state index contributed by atoms with van der Waals surface area (Å²) in [6, 6.07) is 11.3. The van der Waals surface area contributed by atoms with Crippen LogP contribution in [0.25, 0.3) is 10.8 Å². The zero-order valence-electron chi connectivity index (χ0n) is 17.3. The molecule has 0 bridgehead atoms. The number of nitrogens with zero attached hydrogens (tertiary/aromatic N) is 1. The normalized spacial score (nSPS) is 12.9. The van der Waals surface area contributed by atoms with Crippen LogP contribution in [0.15, 0.2) is 42.5 Å². The van der Waals surface area contributed by atoms with Crippen LogP contribution in [0, 0.1) is 5.82 Å². The first-order valence-electron chi connectivity index (χ1n) is 10.1. The number of carbonyl (C=O) groups excluding carboxylic acids is 1. The van der Waals surface area contributed by atoms with Crippen LogP contribution >= 0.6 is 0 Å². The van der Waals surface area contributed by atoms with Crippen molar-refractivity contribution in [3.05, 3.63) is 65.0 Å². The van der Waals surface area contributed by atoms with E-state index in [1.54, 1.807) is 41.3 Å². The number of ether oxygens (including phenoxy) is 2. The smallest absolute Gasteiger partial charge is 0.307 e. The minimum absolute atomic E-state index is 0.0927. The first-order valence-corrected chi connectivity index (χ1v) is 10.1. The molecule has 6 nitrogen and oxygen atoms in total. The molecular weight excluding hydrogens is 401 g/mol. The van der Waals surface area contributed by atoms with Crippen molar-refractivity contribution in [1.29, 1.82) is 0 Å². The van der Waals surface area contributed by atoms with Gasteiger partial charge < -0.3 is 19.5 Å². The van der Waals surface area contributed by atoms with E-state index in [0.717, 1.165) is 0 Å². The molecule has 160 valence electrons. The van der Waals surface area contributed by atoms with Crippen LogP contribution in [0.3, 0.4) is 0 Å². The van der Waals surface area contributed by atoms with Crippen LogP contribution in [0.5, 0.6) is 11.5 Å². The van der Waals surface area contributed by atoms with Gasteiger partial charge in [0, 0.05) is 22.0 Å². The average molecular weight is 423 g/mol. The predicted octanol–water partition coefficient (Wildman–Crippen LogP) is 4.56. The number of carbonyl (C=O) groups is 2. The predicted molar refractivity (Wildman–Crippen MR) is 115 cm³/mol. The molecule has 0 fully saturated rings.